The molecule has 82 valence electrons. The summed E-state index contributed by atoms with van der Waals surface area (Å²) in [7, 11) is 0. The summed E-state index contributed by atoms with van der Waals surface area (Å²) in [4.78, 5) is 5.35. The molecule has 2 saturated heterocycles. The number of rotatable bonds is 3. The molecule has 0 spiro atoms. The summed E-state index contributed by atoms with van der Waals surface area (Å²) in [6.45, 7) is 10.0. The first kappa shape index (κ1) is 10.4. The van der Waals surface area contributed by atoms with E-state index in [0.29, 0.717) is 0 Å². The molecule has 2 heterocycles. The van der Waals surface area contributed by atoms with Gasteiger partial charge >= 0.3 is 0 Å². The van der Waals surface area contributed by atoms with Gasteiger partial charge in [-0.2, -0.15) is 0 Å². The van der Waals surface area contributed by atoms with Gasteiger partial charge in [0.05, 0.1) is 0 Å². The molecule has 2 aliphatic heterocycles. The smallest absolute Gasteiger partial charge is 0.0226 e. The van der Waals surface area contributed by atoms with Crippen LogP contribution in [-0.4, -0.2) is 48.1 Å². The van der Waals surface area contributed by atoms with E-state index in [-0.39, 0.29) is 0 Å². The molecule has 1 unspecified atom stereocenters. The molecule has 0 amide bonds. The van der Waals surface area contributed by atoms with Gasteiger partial charge in [-0.05, 0) is 59.2 Å². The molecule has 0 radical (unpaired) electrons. The molecule has 0 bridgehead atoms. The average molecular weight is 196 g/mol. The maximum absolute atomic E-state index is 2.69. The Bertz CT molecular complexity index is 173. The van der Waals surface area contributed by atoms with E-state index >= 15 is 0 Å². The second-order valence-corrected chi connectivity index (χ2v) is 5.14. The summed E-state index contributed by atoms with van der Waals surface area (Å²) in [6, 6.07) is 1.60. The fourth-order valence-corrected chi connectivity index (χ4v) is 3.00. The first-order chi connectivity index (χ1) is 6.77. The van der Waals surface area contributed by atoms with E-state index in [0.717, 1.165) is 12.1 Å². The van der Waals surface area contributed by atoms with Crippen molar-refractivity contribution in [3.8, 4) is 0 Å². The predicted molar refractivity (Wildman–Crippen MR) is 60.5 cm³/mol. The third kappa shape index (κ3) is 2.29. The molecule has 0 aromatic rings. The minimum absolute atomic E-state index is 0.741. The van der Waals surface area contributed by atoms with E-state index < -0.39 is 0 Å². The molecule has 2 aliphatic rings. The fraction of sp³-hybridized carbons (Fsp3) is 1.00. The van der Waals surface area contributed by atoms with Gasteiger partial charge in [-0.25, -0.2) is 0 Å². The van der Waals surface area contributed by atoms with Crippen LogP contribution < -0.4 is 0 Å². The minimum Gasteiger partial charge on any atom is -0.302 e. The van der Waals surface area contributed by atoms with Crippen molar-refractivity contribution in [2.75, 3.05) is 26.2 Å². The van der Waals surface area contributed by atoms with Crippen LogP contribution in [0.2, 0.25) is 0 Å². The van der Waals surface area contributed by atoms with Gasteiger partial charge in [0.2, 0.25) is 0 Å². The maximum atomic E-state index is 2.69. The lowest BCUT2D eigenvalue weighted by Gasteiger charge is -2.31. The van der Waals surface area contributed by atoms with Crippen molar-refractivity contribution in [3.05, 3.63) is 0 Å². The van der Waals surface area contributed by atoms with E-state index in [4.69, 9.17) is 0 Å². The molecule has 14 heavy (non-hydrogen) atoms. The highest BCUT2D eigenvalue weighted by molar-refractivity contribution is 4.85. The van der Waals surface area contributed by atoms with Crippen LogP contribution in [-0.2, 0) is 0 Å². The van der Waals surface area contributed by atoms with Crippen molar-refractivity contribution in [3.63, 3.8) is 0 Å². The standard InChI is InChI=1S/C12H24N2/c1-11(2)14-9-5-6-12(14)10-13-7-3-4-8-13/h11-12H,3-10H2,1-2H3. The van der Waals surface area contributed by atoms with Gasteiger partial charge in [-0.15, -0.1) is 0 Å². The van der Waals surface area contributed by atoms with Crippen molar-refractivity contribution in [2.45, 2.75) is 51.6 Å². The van der Waals surface area contributed by atoms with Crippen LogP contribution in [0.15, 0.2) is 0 Å². The first-order valence-electron chi connectivity index (χ1n) is 6.25. The first-order valence-corrected chi connectivity index (χ1v) is 6.25. The van der Waals surface area contributed by atoms with Crippen molar-refractivity contribution in [1.29, 1.82) is 0 Å². The highest BCUT2D eigenvalue weighted by atomic mass is 15.2. The molecule has 2 fully saturated rings. The van der Waals surface area contributed by atoms with E-state index in [9.17, 15) is 0 Å². The van der Waals surface area contributed by atoms with Gasteiger partial charge in [0.25, 0.3) is 0 Å². The van der Waals surface area contributed by atoms with Crippen LogP contribution in [0, 0.1) is 0 Å². The van der Waals surface area contributed by atoms with E-state index in [1.165, 1.54) is 51.9 Å². The quantitative estimate of drug-likeness (QED) is 0.681. The van der Waals surface area contributed by atoms with E-state index in [2.05, 4.69) is 23.6 Å². The summed E-state index contributed by atoms with van der Waals surface area (Å²) in [6.07, 6.45) is 5.69. The zero-order valence-corrected chi connectivity index (χ0v) is 9.71. The van der Waals surface area contributed by atoms with Crippen molar-refractivity contribution < 1.29 is 0 Å². The van der Waals surface area contributed by atoms with Crippen LogP contribution >= 0.6 is 0 Å². The van der Waals surface area contributed by atoms with Crippen molar-refractivity contribution in [2.24, 2.45) is 0 Å². The Morgan fingerprint density at radius 2 is 1.79 bits per heavy atom. The Morgan fingerprint density at radius 3 is 2.43 bits per heavy atom. The van der Waals surface area contributed by atoms with Crippen LogP contribution in [0.4, 0.5) is 0 Å². The van der Waals surface area contributed by atoms with Crippen LogP contribution in [0.5, 0.6) is 0 Å². The number of hydrogen-bond donors (Lipinski definition) is 0. The molecular weight excluding hydrogens is 172 g/mol. The molecule has 0 aliphatic carbocycles. The Labute approximate surface area is 88.3 Å². The fourth-order valence-electron chi connectivity index (χ4n) is 3.00. The third-order valence-electron chi connectivity index (χ3n) is 3.75. The molecule has 1 atom stereocenters. The van der Waals surface area contributed by atoms with Gasteiger partial charge in [-0.3, -0.25) is 4.90 Å². The highest BCUT2D eigenvalue weighted by Gasteiger charge is 2.28. The van der Waals surface area contributed by atoms with Crippen molar-refractivity contribution >= 4 is 0 Å². The van der Waals surface area contributed by atoms with Gasteiger partial charge in [0.15, 0.2) is 0 Å². The largest absolute Gasteiger partial charge is 0.302 e. The zero-order valence-electron chi connectivity index (χ0n) is 9.71. The minimum atomic E-state index is 0.741. The topological polar surface area (TPSA) is 6.48 Å². The Hall–Kier alpha value is -0.0800. The van der Waals surface area contributed by atoms with Gasteiger partial charge in [0.1, 0.15) is 0 Å². The Balaban J connectivity index is 1.83. The monoisotopic (exact) mass is 196 g/mol. The van der Waals surface area contributed by atoms with Gasteiger partial charge in [-0.1, -0.05) is 0 Å². The lowest BCUT2D eigenvalue weighted by atomic mass is 10.2. The molecular formula is C12H24N2. The van der Waals surface area contributed by atoms with Gasteiger partial charge in [0, 0.05) is 18.6 Å². The number of nitrogens with zero attached hydrogens (tertiary/aromatic N) is 2. The lowest BCUT2D eigenvalue weighted by Crippen LogP contribution is -2.42. The zero-order chi connectivity index (χ0) is 9.97. The summed E-state index contributed by atoms with van der Waals surface area (Å²) >= 11 is 0. The summed E-state index contributed by atoms with van der Waals surface area (Å²) < 4.78 is 0. The van der Waals surface area contributed by atoms with Gasteiger partial charge < -0.3 is 4.90 Å². The number of likely N-dealkylation sites (tertiary alicyclic amines) is 2. The lowest BCUT2D eigenvalue weighted by molar-refractivity contribution is 0.159. The molecule has 2 rings (SSSR count). The van der Waals surface area contributed by atoms with E-state index in [1.807, 2.05) is 0 Å². The second-order valence-electron chi connectivity index (χ2n) is 5.14. The molecule has 0 aromatic carbocycles. The normalized spacial score (nSPS) is 30.6. The molecule has 2 heteroatoms. The summed E-state index contributed by atoms with van der Waals surface area (Å²) in [5, 5.41) is 0. The third-order valence-corrected chi connectivity index (χ3v) is 3.75. The van der Waals surface area contributed by atoms with Crippen LogP contribution in [0.1, 0.15) is 39.5 Å². The second kappa shape index (κ2) is 4.63. The highest BCUT2D eigenvalue weighted by Crippen LogP contribution is 2.22. The predicted octanol–water partition coefficient (Wildman–Crippen LogP) is 1.96. The van der Waals surface area contributed by atoms with E-state index in [1.54, 1.807) is 0 Å². The SMILES string of the molecule is CC(C)N1CCCC1CN1CCCC1. The maximum Gasteiger partial charge on any atom is 0.0226 e. The summed E-state index contributed by atoms with van der Waals surface area (Å²) in [5.41, 5.74) is 0. The Morgan fingerprint density at radius 1 is 1.07 bits per heavy atom. The number of hydrogen-bond acceptors (Lipinski definition) is 2. The van der Waals surface area contributed by atoms with Crippen LogP contribution in [0.25, 0.3) is 0 Å². The Kier molecular flexibility index (Phi) is 3.45. The average Bonchev–Trinajstić information content (AvgIpc) is 2.75. The van der Waals surface area contributed by atoms with Crippen molar-refractivity contribution in [1.82, 2.24) is 9.80 Å². The molecule has 0 aromatic heterocycles. The molecule has 0 saturated carbocycles. The molecule has 0 N–H and O–H groups in total. The van der Waals surface area contributed by atoms with Crippen LogP contribution in [0.3, 0.4) is 0 Å². The summed E-state index contributed by atoms with van der Waals surface area (Å²) in [5.74, 6) is 0. The molecule has 2 nitrogen and oxygen atoms in total.